The second-order valence-electron chi connectivity index (χ2n) is 2.91. The maximum Gasteiger partial charge on any atom is 0.303 e. The number of aliphatic carboxylic acids is 1. The Morgan fingerprint density at radius 2 is 2.08 bits per heavy atom. The Morgan fingerprint density at radius 3 is 2.58 bits per heavy atom. The predicted octanol–water partition coefficient (Wildman–Crippen LogP) is 1.91. The number of carboxylic acid groups (broad SMARTS) is 1. The summed E-state index contributed by atoms with van der Waals surface area (Å²) in [5.74, 6) is -0.728. The molecule has 0 bridgehead atoms. The Hall–Kier alpha value is -1.25. The normalized spacial score (nSPS) is 12.8. The van der Waals surface area contributed by atoms with E-state index in [1.165, 1.54) is 0 Å². The van der Waals surface area contributed by atoms with Gasteiger partial charge in [0.15, 0.2) is 0 Å². The fourth-order valence-electron chi connectivity index (χ4n) is 1.12. The van der Waals surface area contributed by atoms with Crippen molar-refractivity contribution in [3.05, 3.63) is 24.5 Å². The van der Waals surface area contributed by atoms with Crippen LogP contribution >= 0.6 is 0 Å². The van der Waals surface area contributed by atoms with Crippen LogP contribution in [0.25, 0.3) is 0 Å². The first-order chi connectivity index (χ1) is 5.70. The van der Waals surface area contributed by atoms with Gasteiger partial charge in [-0.2, -0.15) is 0 Å². The first-order valence-corrected chi connectivity index (χ1v) is 4.04. The van der Waals surface area contributed by atoms with E-state index in [2.05, 4.69) is 0 Å². The van der Waals surface area contributed by atoms with Gasteiger partial charge in [-0.05, 0) is 25.5 Å². The number of carboxylic acids is 1. The Morgan fingerprint density at radius 1 is 1.50 bits per heavy atom. The molecule has 1 aromatic heterocycles. The number of carbonyl (C=O) groups is 1. The van der Waals surface area contributed by atoms with Gasteiger partial charge >= 0.3 is 5.97 Å². The van der Waals surface area contributed by atoms with Gasteiger partial charge in [0.1, 0.15) is 0 Å². The molecule has 1 N–H and O–H groups in total. The van der Waals surface area contributed by atoms with Crippen molar-refractivity contribution in [2.75, 3.05) is 0 Å². The number of hydrogen-bond donors (Lipinski definition) is 1. The second kappa shape index (κ2) is 3.95. The van der Waals surface area contributed by atoms with Gasteiger partial charge in [0, 0.05) is 24.9 Å². The topological polar surface area (TPSA) is 42.2 Å². The van der Waals surface area contributed by atoms with Crippen LogP contribution in [0, 0.1) is 0 Å². The SMILES string of the molecule is CC(CCC(=O)O)n1cccc1. The van der Waals surface area contributed by atoms with Crippen molar-refractivity contribution in [3.63, 3.8) is 0 Å². The lowest BCUT2D eigenvalue weighted by Gasteiger charge is -2.11. The van der Waals surface area contributed by atoms with Crippen LogP contribution in [0.1, 0.15) is 25.8 Å². The van der Waals surface area contributed by atoms with E-state index in [9.17, 15) is 4.79 Å². The molecule has 1 heterocycles. The average Bonchev–Trinajstić information content (AvgIpc) is 2.51. The highest BCUT2D eigenvalue weighted by Gasteiger charge is 2.05. The minimum atomic E-state index is -0.728. The minimum Gasteiger partial charge on any atom is -0.481 e. The third-order valence-electron chi connectivity index (χ3n) is 1.91. The van der Waals surface area contributed by atoms with Crippen LogP contribution < -0.4 is 0 Å². The Bertz CT molecular complexity index is 241. The highest BCUT2D eigenvalue weighted by atomic mass is 16.4. The Labute approximate surface area is 71.6 Å². The van der Waals surface area contributed by atoms with E-state index in [0.717, 1.165) is 0 Å². The summed E-state index contributed by atoms with van der Waals surface area (Å²) in [7, 11) is 0. The van der Waals surface area contributed by atoms with Crippen molar-refractivity contribution >= 4 is 5.97 Å². The quantitative estimate of drug-likeness (QED) is 0.744. The zero-order chi connectivity index (χ0) is 8.97. The molecule has 1 atom stereocenters. The molecule has 66 valence electrons. The molecule has 0 aromatic carbocycles. The highest BCUT2D eigenvalue weighted by molar-refractivity contribution is 5.66. The van der Waals surface area contributed by atoms with Crippen LogP contribution in [0.4, 0.5) is 0 Å². The van der Waals surface area contributed by atoms with Gasteiger partial charge < -0.3 is 9.67 Å². The first kappa shape index (κ1) is 8.84. The molecule has 0 fully saturated rings. The highest BCUT2D eigenvalue weighted by Crippen LogP contribution is 2.12. The second-order valence-corrected chi connectivity index (χ2v) is 2.91. The zero-order valence-corrected chi connectivity index (χ0v) is 7.10. The molecular formula is C9H13NO2. The average molecular weight is 167 g/mol. The van der Waals surface area contributed by atoms with Gasteiger partial charge in [-0.3, -0.25) is 4.79 Å². The summed E-state index contributed by atoms with van der Waals surface area (Å²) in [5, 5.41) is 8.45. The molecule has 0 aliphatic heterocycles. The van der Waals surface area contributed by atoms with Crippen LogP contribution in [0.3, 0.4) is 0 Å². The largest absolute Gasteiger partial charge is 0.481 e. The van der Waals surface area contributed by atoms with Crippen molar-refractivity contribution in [2.45, 2.75) is 25.8 Å². The molecule has 1 rings (SSSR count). The minimum absolute atomic E-state index is 0.235. The number of nitrogens with zero attached hydrogens (tertiary/aromatic N) is 1. The molecule has 3 heteroatoms. The molecular weight excluding hydrogens is 154 g/mol. The third kappa shape index (κ3) is 2.42. The number of rotatable bonds is 4. The molecule has 0 spiro atoms. The van der Waals surface area contributed by atoms with E-state index >= 15 is 0 Å². The van der Waals surface area contributed by atoms with Crippen molar-refractivity contribution in [1.29, 1.82) is 0 Å². The van der Waals surface area contributed by atoms with Crippen LogP contribution in [0.5, 0.6) is 0 Å². The molecule has 0 aliphatic carbocycles. The third-order valence-corrected chi connectivity index (χ3v) is 1.91. The Kier molecular flexibility index (Phi) is 2.91. The molecule has 0 saturated heterocycles. The number of hydrogen-bond acceptors (Lipinski definition) is 1. The van der Waals surface area contributed by atoms with E-state index in [4.69, 9.17) is 5.11 Å². The van der Waals surface area contributed by atoms with Gasteiger partial charge in [0.2, 0.25) is 0 Å². The van der Waals surface area contributed by atoms with Gasteiger partial charge in [-0.25, -0.2) is 0 Å². The Balaban J connectivity index is 2.39. The van der Waals surface area contributed by atoms with Crippen molar-refractivity contribution < 1.29 is 9.90 Å². The van der Waals surface area contributed by atoms with Crippen molar-refractivity contribution in [1.82, 2.24) is 4.57 Å². The zero-order valence-electron chi connectivity index (χ0n) is 7.10. The van der Waals surface area contributed by atoms with Crippen molar-refractivity contribution in [2.24, 2.45) is 0 Å². The standard InChI is InChI=1S/C9H13NO2/c1-8(4-5-9(11)12)10-6-2-3-7-10/h2-3,6-8H,4-5H2,1H3,(H,11,12). The smallest absolute Gasteiger partial charge is 0.303 e. The summed E-state index contributed by atoms with van der Waals surface area (Å²) in [4.78, 5) is 10.3. The van der Waals surface area contributed by atoms with Gasteiger partial charge in [0.05, 0.1) is 0 Å². The van der Waals surface area contributed by atoms with E-state index in [-0.39, 0.29) is 12.5 Å². The molecule has 0 amide bonds. The van der Waals surface area contributed by atoms with E-state index in [1.54, 1.807) is 0 Å². The maximum atomic E-state index is 10.3. The monoisotopic (exact) mass is 167 g/mol. The van der Waals surface area contributed by atoms with E-state index in [1.807, 2.05) is 36.0 Å². The number of aromatic nitrogens is 1. The van der Waals surface area contributed by atoms with Crippen LogP contribution in [0.2, 0.25) is 0 Å². The molecule has 0 saturated carbocycles. The summed E-state index contributed by atoms with van der Waals surface area (Å²) >= 11 is 0. The first-order valence-electron chi connectivity index (χ1n) is 4.04. The van der Waals surface area contributed by atoms with Gasteiger partial charge in [-0.15, -0.1) is 0 Å². The van der Waals surface area contributed by atoms with Crippen LogP contribution in [-0.4, -0.2) is 15.6 Å². The molecule has 3 nitrogen and oxygen atoms in total. The fourth-order valence-corrected chi connectivity index (χ4v) is 1.12. The molecule has 1 unspecified atom stereocenters. The van der Waals surface area contributed by atoms with E-state index < -0.39 is 5.97 Å². The van der Waals surface area contributed by atoms with E-state index in [0.29, 0.717) is 6.42 Å². The predicted molar refractivity (Wildman–Crippen MR) is 46.0 cm³/mol. The van der Waals surface area contributed by atoms with Crippen LogP contribution in [0.15, 0.2) is 24.5 Å². The molecule has 0 aliphatic rings. The lowest BCUT2D eigenvalue weighted by molar-refractivity contribution is -0.137. The van der Waals surface area contributed by atoms with Gasteiger partial charge in [-0.1, -0.05) is 0 Å². The lowest BCUT2D eigenvalue weighted by atomic mass is 10.2. The van der Waals surface area contributed by atoms with Gasteiger partial charge in [0.25, 0.3) is 0 Å². The molecule has 12 heavy (non-hydrogen) atoms. The maximum absolute atomic E-state index is 10.3. The molecule has 0 radical (unpaired) electrons. The fraction of sp³-hybridized carbons (Fsp3) is 0.444. The van der Waals surface area contributed by atoms with Crippen molar-refractivity contribution in [3.8, 4) is 0 Å². The summed E-state index contributed by atoms with van der Waals surface area (Å²) in [6.07, 6.45) is 4.82. The summed E-state index contributed by atoms with van der Waals surface area (Å²) < 4.78 is 2.02. The van der Waals surface area contributed by atoms with Crippen LogP contribution in [-0.2, 0) is 4.79 Å². The molecule has 1 aromatic rings. The lowest BCUT2D eigenvalue weighted by Crippen LogP contribution is -2.05. The summed E-state index contributed by atoms with van der Waals surface area (Å²) in [6, 6.07) is 4.16. The summed E-state index contributed by atoms with van der Waals surface area (Å²) in [5.41, 5.74) is 0. The summed E-state index contributed by atoms with van der Waals surface area (Å²) in [6.45, 7) is 2.02.